The number of aromatic amines is 1. The second-order valence-corrected chi connectivity index (χ2v) is 6.95. The molecular formula is C18H20ClN3O2. The number of carbonyl (C=O) groups excluding carboxylic acids is 2. The Morgan fingerprint density at radius 3 is 2.67 bits per heavy atom. The number of imidazole rings is 1. The van der Waals surface area contributed by atoms with E-state index in [0.29, 0.717) is 31.0 Å². The Balaban J connectivity index is 1.75. The summed E-state index contributed by atoms with van der Waals surface area (Å²) in [6.07, 6.45) is 0.946. The van der Waals surface area contributed by atoms with Gasteiger partial charge in [0.15, 0.2) is 0 Å². The largest absolute Gasteiger partial charge is 0.340 e. The van der Waals surface area contributed by atoms with Gasteiger partial charge < -0.3 is 9.88 Å². The standard InChI is InChI=1S/C18H20ClN3O2/c1-11(2)9-16(23)18(24)22-8-7-14-15(10-22)21-17(20-14)12-3-5-13(19)6-4-12/h3-6,11H,7-10H2,1-2H3,(H,20,21). The number of Topliss-reactive ketones (excluding diaryl/α,β-unsaturated/α-hetero) is 1. The summed E-state index contributed by atoms with van der Waals surface area (Å²) in [7, 11) is 0. The number of nitrogens with zero attached hydrogens (tertiary/aromatic N) is 2. The van der Waals surface area contributed by atoms with E-state index < -0.39 is 5.91 Å². The SMILES string of the molecule is CC(C)CC(=O)C(=O)N1CCc2nc(-c3ccc(Cl)cc3)[nH]c2C1. The molecule has 0 aliphatic carbocycles. The lowest BCUT2D eigenvalue weighted by Gasteiger charge is -2.25. The molecule has 0 unspecified atom stereocenters. The van der Waals surface area contributed by atoms with Crippen LogP contribution < -0.4 is 0 Å². The van der Waals surface area contributed by atoms with Crippen LogP contribution in [0.3, 0.4) is 0 Å². The van der Waals surface area contributed by atoms with Crippen molar-refractivity contribution in [2.45, 2.75) is 33.2 Å². The van der Waals surface area contributed by atoms with Crippen LogP contribution in [0.4, 0.5) is 0 Å². The van der Waals surface area contributed by atoms with E-state index >= 15 is 0 Å². The normalized spacial score (nSPS) is 13.9. The zero-order valence-electron chi connectivity index (χ0n) is 13.8. The van der Waals surface area contributed by atoms with Crippen molar-refractivity contribution >= 4 is 23.3 Å². The minimum absolute atomic E-state index is 0.186. The monoisotopic (exact) mass is 345 g/mol. The molecule has 0 fully saturated rings. The average Bonchev–Trinajstić information content (AvgIpc) is 2.97. The molecule has 0 bridgehead atoms. The highest BCUT2D eigenvalue weighted by atomic mass is 35.5. The summed E-state index contributed by atoms with van der Waals surface area (Å²) in [4.78, 5) is 33.8. The number of hydrogen-bond acceptors (Lipinski definition) is 3. The first-order valence-electron chi connectivity index (χ1n) is 8.10. The number of carbonyl (C=O) groups is 2. The molecule has 2 aromatic rings. The van der Waals surface area contributed by atoms with Crippen molar-refractivity contribution in [1.29, 1.82) is 0 Å². The van der Waals surface area contributed by atoms with Crippen LogP contribution in [-0.2, 0) is 22.6 Å². The van der Waals surface area contributed by atoms with Crippen LogP contribution in [-0.4, -0.2) is 33.1 Å². The topological polar surface area (TPSA) is 66.1 Å². The van der Waals surface area contributed by atoms with E-state index in [0.717, 1.165) is 22.8 Å². The summed E-state index contributed by atoms with van der Waals surface area (Å²) in [6, 6.07) is 7.45. The quantitative estimate of drug-likeness (QED) is 0.865. The zero-order valence-corrected chi connectivity index (χ0v) is 14.6. The van der Waals surface area contributed by atoms with Crippen LogP contribution in [0.5, 0.6) is 0 Å². The van der Waals surface area contributed by atoms with Crippen LogP contribution in [0.15, 0.2) is 24.3 Å². The fourth-order valence-electron chi connectivity index (χ4n) is 2.85. The molecule has 0 saturated heterocycles. The van der Waals surface area contributed by atoms with Crippen LogP contribution in [0.25, 0.3) is 11.4 Å². The molecule has 0 saturated carbocycles. The Kier molecular flexibility index (Phi) is 4.71. The molecule has 1 aliphatic heterocycles. The molecule has 24 heavy (non-hydrogen) atoms. The first kappa shape index (κ1) is 16.7. The van der Waals surface area contributed by atoms with Gasteiger partial charge in [0.25, 0.3) is 5.91 Å². The number of amides is 1. The number of nitrogens with one attached hydrogen (secondary N) is 1. The third-order valence-electron chi connectivity index (χ3n) is 4.07. The predicted octanol–water partition coefficient (Wildman–Crippen LogP) is 3.23. The summed E-state index contributed by atoms with van der Waals surface area (Å²) in [6.45, 7) is 4.80. The fraction of sp³-hybridized carbons (Fsp3) is 0.389. The molecule has 1 aliphatic rings. The van der Waals surface area contributed by atoms with Gasteiger partial charge in [0.1, 0.15) is 5.82 Å². The Morgan fingerprint density at radius 1 is 1.29 bits per heavy atom. The molecular weight excluding hydrogens is 326 g/mol. The highest BCUT2D eigenvalue weighted by molar-refractivity contribution is 6.36. The van der Waals surface area contributed by atoms with Gasteiger partial charge >= 0.3 is 0 Å². The van der Waals surface area contributed by atoms with Gasteiger partial charge in [-0.25, -0.2) is 4.98 Å². The Labute approximate surface area is 146 Å². The van der Waals surface area contributed by atoms with E-state index in [-0.39, 0.29) is 11.7 Å². The summed E-state index contributed by atoms with van der Waals surface area (Å²) in [5.74, 6) is 0.243. The van der Waals surface area contributed by atoms with E-state index in [2.05, 4.69) is 9.97 Å². The fourth-order valence-corrected chi connectivity index (χ4v) is 2.97. The number of hydrogen-bond donors (Lipinski definition) is 1. The Bertz CT molecular complexity index is 765. The van der Waals surface area contributed by atoms with Crippen molar-refractivity contribution < 1.29 is 9.59 Å². The van der Waals surface area contributed by atoms with Gasteiger partial charge in [0, 0.05) is 30.0 Å². The van der Waals surface area contributed by atoms with Crippen molar-refractivity contribution in [3.8, 4) is 11.4 Å². The van der Waals surface area contributed by atoms with Crippen molar-refractivity contribution in [1.82, 2.24) is 14.9 Å². The van der Waals surface area contributed by atoms with Crippen molar-refractivity contribution in [2.75, 3.05) is 6.54 Å². The van der Waals surface area contributed by atoms with Crippen molar-refractivity contribution in [2.24, 2.45) is 5.92 Å². The molecule has 1 aromatic carbocycles. The molecule has 0 atom stereocenters. The molecule has 6 heteroatoms. The predicted molar refractivity (Wildman–Crippen MR) is 92.6 cm³/mol. The molecule has 0 radical (unpaired) electrons. The molecule has 126 valence electrons. The second kappa shape index (κ2) is 6.77. The Morgan fingerprint density at radius 2 is 2.00 bits per heavy atom. The van der Waals surface area contributed by atoms with Gasteiger partial charge in [0.2, 0.25) is 5.78 Å². The zero-order chi connectivity index (χ0) is 17.3. The number of rotatable bonds is 4. The summed E-state index contributed by atoms with van der Waals surface area (Å²) >= 11 is 5.91. The van der Waals surface area contributed by atoms with Crippen molar-refractivity contribution in [3.05, 3.63) is 40.7 Å². The minimum atomic E-state index is -0.392. The van der Waals surface area contributed by atoms with Gasteiger partial charge in [-0.2, -0.15) is 0 Å². The van der Waals surface area contributed by atoms with Crippen LogP contribution in [0.1, 0.15) is 31.7 Å². The second-order valence-electron chi connectivity index (χ2n) is 6.52. The van der Waals surface area contributed by atoms with E-state index in [1.807, 2.05) is 38.1 Å². The van der Waals surface area contributed by atoms with E-state index in [1.165, 1.54) is 0 Å². The van der Waals surface area contributed by atoms with E-state index in [9.17, 15) is 9.59 Å². The van der Waals surface area contributed by atoms with Crippen LogP contribution in [0.2, 0.25) is 5.02 Å². The maximum atomic E-state index is 12.3. The van der Waals surface area contributed by atoms with Gasteiger partial charge in [-0.1, -0.05) is 25.4 Å². The molecule has 5 nitrogen and oxygen atoms in total. The van der Waals surface area contributed by atoms with E-state index in [4.69, 9.17) is 11.6 Å². The molecule has 1 aromatic heterocycles. The van der Waals surface area contributed by atoms with Gasteiger partial charge in [-0.05, 0) is 30.2 Å². The van der Waals surface area contributed by atoms with Gasteiger partial charge in [-0.15, -0.1) is 0 Å². The summed E-state index contributed by atoms with van der Waals surface area (Å²) in [5.41, 5.74) is 2.81. The maximum absolute atomic E-state index is 12.3. The summed E-state index contributed by atoms with van der Waals surface area (Å²) in [5, 5.41) is 0.676. The molecule has 3 rings (SSSR count). The number of ketones is 1. The van der Waals surface area contributed by atoms with Crippen molar-refractivity contribution in [3.63, 3.8) is 0 Å². The first-order chi connectivity index (χ1) is 11.4. The highest BCUT2D eigenvalue weighted by Crippen LogP contribution is 2.24. The molecule has 2 heterocycles. The number of H-pyrrole nitrogens is 1. The average molecular weight is 346 g/mol. The number of fused-ring (bicyclic) bond motifs is 1. The molecule has 1 amide bonds. The Hall–Kier alpha value is -2.14. The lowest BCUT2D eigenvalue weighted by atomic mass is 10.1. The van der Waals surface area contributed by atoms with Gasteiger partial charge in [-0.3, -0.25) is 9.59 Å². The van der Waals surface area contributed by atoms with Crippen LogP contribution >= 0.6 is 11.6 Å². The van der Waals surface area contributed by atoms with E-state index in [1.54, 1.807) is 4.90 Å². The van der Waals surface area contributed by atoms with Gasteiger partial charge in [0.05, 0.1) is 17.9 Å². The lowest BCUT2D eigenvalue weighted by molar-refractivity contribution is -0.145. The molecule has 1 N–H and O–H groups in total. The first-order valence-corrected chi connectivity index (χ1v) is 8.47. The molecule has 0 spiro atoms. The smallest absolute Gasteiger partial charge is 0.290 e. The third kappa shape index (κ3) is 3.51. The number of halogens is 1. The third-order valence-corrected chi connectivity index (χ3v) is 4.32. The number of benzene rings is 1. The maximum Gasteiger partial charge on any atom is 0.290 e. The lowest BCUT2D eigenvalue weighted by Crippen LogP contribution is -2.40. The number of aromatic nitrogens is 2. The highest BCUT2D eigenvalue weighted by Gasteiger charge is 2.28. The van der Waals surface area contributed by atoms with Crippen LogP contribution in [0, 0.1) is 5.92 Å². The minimum Gasteiger partial charge on any atom is -0.340 e. The summed E-state index contributed by atoms with van der Waals surface area (Å²) < 4.78 is 0.